The molecule has 0 N–H and O–H groups in total. The number of aliphatic imine (C=N–C) groups is 1. The highest BCUT2D eigenvalue weighted by atomic mass is 15.1. The molecule has 3 heteroatoms. The van der Waals surface area contributed by atoms with E-state index in [0.717, 1.165) is 11.5 Å². The van der Waals surface area contributed by atoms with Crippen molar-refractivity contribution in [3.05, 3.63) is 47.0 Å². The SMILES string of the molecule is CN=C(c1nccn1-c1c(C)cc(C)cc1C)C(C)(C)C. The first-order chi connectivity index (χ1) is 9.75. The van der Waals surface area contributed by atoms with Crippen LogP contribution in [-0.2, 0) is 0 Å². The predicted molar refractivity (Wildman–Crippen MR) is 89.7 cm³/mol. The largest absolute Gasteiger partial charge is 0.298 e. The van der Waals surface area contributed by atoms with Gasteiger partial charge in [0.25, 0.3) is 0 Å². The summed E-state index contributed by atoms with van der Waals surface area (Å²) >= 11 is 0. The molecule has 21 heavy (non-hydrogen) atoms. The minimum Gasteiger partial charge on any atom is -0.298 e. The van der Waals surface area contributed by atoms with E-state index in [9.17, 15) is 0 Å². The lowest BCUT2D eigenvalue weighted by atomic mass is 9.89. The van der Waals surface area contributed by atoms with Gasteiger partial charge < -0.3 is 0 Å². The third-order valence-electron chi connectivity index (χ3n) is 3.66. The first-order valence-electron chi connectivity index (χ1n) is 7.35. The molecule has 0 atom stereocenters. The average Bonchev–Trinajstić information content (AvgIpc) is 2.75. The van der Waals surface area contributed by atoms with Crippen LogP contribution < -0.4 is 0 Å². The molecule has 3 nitrogen and oxygen atoms in total. The van der Waals surface area contributed by atoms with E-state index < -0.39 is 0 Å². The summed E-state index contributed by atoms with van der Waals surface area (Å²) in [7, 11) is 1.84. The first-order valence-corrected chi connectivity index (χ1v) is 7.35. The van der Waals surface area contributed by atoms with Crippen molar-refractivity contribution in [3.63, 3.8) is 0 Å². The lowest BCUT2D eigenvalue weighted by Crippen LogP contribution is -2.25. The van der Waals surface area contributed by atoms with Gasteiger partial charge in [-0.2, -0.15) is 0 Å². The summed E-state index contributed by atoms with van der Waals surface area (Å²) in [6, 6.07) is 4.43. The van der Waals surface area contributed by atoms with Crippen molar-refractivity contribution in [3.8, 4) is 5.69 Å². The number of hydrogen-bond acceptors (Lipinski definition) is 2. The van der Waals surface area contributed by atoms with Crippen molar-refractivity contribution >= 4 is 5.71 Å². The highest BCUT2D eigenvalue weighted by molar-refractivity contribution is 6.01. The molecule has 1 aromatic heterocycles. The molecular formula is C18H25N3. The highest BCUT2D eigenvalue weighted by Crippen LogP contribution is 2.26. The van der Waals surface area contributed by atoms with E-state index in [1.165, 1.54) is 22.4 Å². The molecule has 0 aliphatic rings. The Morgan fingerprint density at radius 1 is 1.10 bits per heavy atom. The van der Waals surface area contributed by atoms with E-state index in [0.29, 0.717) is 0 Å². The normalized spacial score (nSPS) is 12.8. The Bertz CT molecular complexity index is 662. The molecular weight excluding hydrogens is 258 g/mol. The van der Waals surface area contributed by atoms with E-state index >= 15 is 0 Å². The van der Waals surface area contributed by atoms with E-state index in [2.05, 4.69) is 68.2 Å². The van der Waals surface area contributed by atoms with Gasteiger partial charge >= 0.3 is 0 Å². The molecule has 112 valence electrons. The minimum atomic E-state index is -0.0373. The zero-order valence-electron chi connectivity index (χ0n) is 14.2. The number of imidazole rings is 1. The summed E-state index contributed by atoms with van der Waals surface area (Å²) in [6.07, 6.45) is 3.88. The number of hydrogen-bond donors (Lipinski definition) is 0. The van der Waals surface area contributed by atoms with Gasteiger partial charge in [0.05, 0.1) is 11.4 Å². The molecule has 0 fully saturated rings. The van der Waals surface area contributed by atoms with E-state index in [1.807, 2.05) is 19.4 Å². The Hall–Kier alpha value is -1.90. The minimum absolute atomic E-state index is 0.0373. The summed E-state index contributed by atoms with van der Waals surface area (Å²) in [5.74, 6) is 0.931. The summed E-state index contributed by atoms with van der Waals surface area (Å²) in [5, 5.41) is 0. The smallest absolute Gasteiger partial charge is 0.159 e. The van der Waals surface area contributed by atoms with Crippen LogP contribution in [0.1, 0.15) is 43.3 Å². The maximum absolute atomic E-state index is 4.57. The Morgan fingerprint density at radius 3 is 2.14 bits per heavy atom. The predicted octanol–water partition coefficient (Wildman–Crippen LogP) is 4.26. The second-order valence-corrected chi connectivity index (χ2v) is 6.69. The van der Waals surface area contributed by atoms with Gasteiger partial charge in [-0.25, -0.2) is 4.98 Å². The van der Waals surface area contributed by atoms with Gasteiger partial charge in [0.15, 0.2) is 5.82 Å². The zero-order chi connectivity index (χ0) is 15.8. The van der Waals surface area contributed by atoms with Crippen LogP contribution in [0.4, 0.5) is 0 Å². The monoisotopic (exact) mass is 283 g/mol. The number of aryl methyl sites for hydroxylation is 3. The zero-order valence-corrected chi connectivity index (χ0v) is 14.2. The maximum atomic E-state index is 4.57. The summed E-state index contributed by atoms with van der Waals surface area (Å²) in [4.78, 5) is 9.07. The van der Waals surface area contributed by atoms with Gasteiger partial charge in [-0.1, -0.05) is 38.5 Å². The highest BCUT2D eigenvalue weighted by Gasteiger charge is 2.25. The second kappa shape index (κ2) is 5.47. The molecule has 0 bridgehead atoms. The molecule has 0 saturated carbocycles. The van der Waals surface area contributed by atoms with Crippen molar-refractivity contribution < 1.29 is 0 Å². The van der Waals surface area contributed by atoms with Gasteiger partial charge in [0.1, 0.15) is 0 Å². The van der Waals surface area contributed by atoms with Crippen molar-refractivity contribution in [2.45, 2.75) is 41.5 Å². The molecule has 0 aliphatic heterocycles. The quantitative estimate of drug-likeness (QED) is 0.757. The van der Waals surface area contributed by atoms with Crippen LogP contribution in [0.5, 0.6) is 0 Å². The fraction of sp³-hybridized carbons (Fsp3) is 0.444. The third-order valence-corrected chi connectivity index (χ3v) is 3.66. The molecule has 2 rings (SSSR count). The average molecular weight is 283 g/mol. The van der Waals surface area contributed by atoms with Crippen LogP contribution in [0.15, 0.2) is 29.5 Å². The fourth-order valence-electron chi connectivity index (χ4n) is 2.98. The lowest BCUT2D eigenvalue weighted by Gasteiger charge is -2.23. The topological polar surface area (TPSA) is 30.2 Å². The summed E-state index contributed by atoms with van der Waals surface area (Å²) < 4.78 is 2.16. The molecule has 0 aliphatic carbocycles. The van der Waals surface area contributed by atoms with Crippen LogP contribution in [0, 0.1) is 26.2 Å². The van der Waals surface area contributed by atoms with Gasteiger partial charge in [-0.15, -0.1) is 0 Å². The fourth-order valence-corrected chi connectivity index (χ4v) is 2.98. The van der Waals surface area contributed by atoms with Crippen molar-refractivity contribution in [2.24, 2.45) is 10.4 Å². The van der Waals surface area contributed by atoms with Crippen LogP contribution >= 0.6 is 0 Å². The molecule has 1 aromatic carbocycles. The number of nitrogens with zero attached hydrogens (tertiary/aromatic N) is 3. The van der Waals surface area contributed by atoms with Gasteiger partial charge in [0, 0.05) is 24.9 Å². The lowest BCUT2D eigenvalue weighted by molar-refractivity contribution is 0.586. The van der Waals surface area contributed by atoms with E-state index in [1.54, 1.807) is 0 Å². The van der Waals surface area contributed by atoms with Crippen LogP contribution in [0.25, 0.3) is 5.69 Å². The van der Waals surface area contributed by atoms with Gasteiger partial charge in [-0.05, 0) is 31.9 Å². The Kier molecular flexibility index (Phi) is 4.04. The van der Waals surface area contributed by atoms with E-state index in [-0.39, 0.29) is 5.41 Å². The second-order valence-electron chi connectivity index (χ2n) is 6.69. The van der Waals surface area contributed by atoms with Gasteiger partial charge in [-0.3, -0.25) is 9.56 Å². The Labute approximate surface area is 127 Å². The van der Waals surface area contributed by atoms with Crippen molar-refractivity contribution in [2.75, 3.05) is 7.05 Å². The maximum Gasteiger partial charge on any atom is 0.159 e. The summed E-state index contributed by atoms with van der Waals surface area (Å²) in [5.41, 5.74) is 6.00. The summed E-state index contributed by atoms with van der Waals surface area (Å²) in [6.45, 7) is 12.9. The molecule has 0 unspecified atom stereocenters. The van der Waals surface area contributed by atoms with Crippen LogP contribution in [0.2, 0.25) is 0 Å². The molecule has 0 spiro atoms. The van der Waals surface area contributed by atoms with Gasteiger partial charge in [0.2, 0.25) is 0 Å². The number of benzene rings is 1. The van der Waals surface area contributed by atoms with Crippen molar-refractivity contribution in [1.82, 2.24) is 9.55 Å². The number of rotatable bonds is 2. The van der Waals surface area contributed by atoms with Crippen molar-refractivity contribution in [1.29, 1.82) is 0 Å². The Morgan fingerprint density at radius 2 is 1.67 bits per heavy atom. The number of aromatic nitrogens is 2. The Balaban J connectivity index is 2.67. The van der Waals surface area contributed by atoms with E-state index in [4.69, 9.17) is 0 Å². The molecule has 0 amide bonds. The third kappa shape index (κ3) is 2.92. The molecule has 2 aromatic rings. The van der Waals surface area contributed by atoms with Crippen LogP contribution in [0.3, 0.4) is 0 Å². The standard InChI is InChI=1S/C18H25N3/c1-12-10-13(2)15(14(3)11-12)21-9-8-20-17(21)16(19-7)18(4,5)6/h8-11H,1-7H3. The first kappa shape index (κ1) is 15.5. The molecule has 0 radical (unpaired) electrons. The van der Waals surface area contributed by atoms with Crippen LogP contribution in [-0.4, -0.2) is 22.3 Å². The molecule has 0 saturated heterocycles. The molecule has 1 heterocycles.